The van der Waals surface area contributed by atoms with E-state index in [0.29, 0.717) is 13.2 Å². The number of morpholine rings is 1. The lowest BCUT2D eigenvalue weighted by Crippen LogP contribution is -2.55. The van der Waals surface area contributed by atoms with Gasteiger partial charge in [-0.3, -0.25) is 4.79 Å². The number of nitrogens with one attached hydrogen (secondary N) is 1. The molecule has 10 heteroatoms. The van der Waals surface area contributed by atoms with Crippen LogP contribution in [0.2, 0.25) is 0 Å². The van der Waals surface area contributed by atoms with Crippen molar-refractivity contribution in [1.29, 1.82) is 0 Å². The highest BCUT2D eigenvalue weighted by molar-refractivity contribution is 5.95. The zero-order valence-electron chi connectivity index (χ0n) is 22.0. The van der Waals surface area contributed by atoms with Gasteiger partial charge in [-0.15, -0.1) is 0 Å². The Balaban J connectivity index is 1.31. The van der Waals surface area contributed by atoms with Crippen LogP contribution >= 0.6 is 0 Å². The van der Waals surface area contributed by atoms with Crippen molar-refractivity contribution in [2.75, 3.05) is 56.6 Å². The Morgan fingerprint density at radius 1 is 1.03 bits per heavy atom. The highest BCUT2D eigenvalue weighted by Gasteiger charge is 2.38. The molecule has 10 nitrogen and oxygen atoms in total. The number of hydrogen-bond donors (Lipinski definition) is 2. The number of nitrogen functional groups attached to an aromatic ring is 1. The number of aromatic nitrogens is 2. The second-order valence-corrected chi connectivity index (χ2v) is 10.4. The normalized spacial score (nSPS) is 22.1. The van der Waals surface area contributed by atoms with Crippen LogP contribution in [0.1, 0.15) is 53.6 Å². The Morgan fingerprint density at radius 2 is 1.76 bits per heavy atom. The van der Waals surface area contributed by atoms with Gasteiger partial charge in [0.15, 0.2) is 0 Å². The van der Waals surface area contributed by atoms with Crippen LogP contribution in [0.4, 0.5) is 11.6 Å². The van der Waals surface area contributed by atoms with Gasteiger partial charge in [-0.05, 0) is 49.9 Å². The number of likely N-dealkylation sites (tertiary alicyclic amines) is 1. The highest BCUT2D eigenvalue weighted by atomic mass is 16.5. The molecule has 38 heavy (non-hydrogen) atoms. The minimum absolute atomic E-state index is 0.0521. The Morgan fingerprint density at radius 3 is 2.47 bits per heavy atom. The number of nitrogens with two attached hydrogens (primary N) is 1. The van der Waals surface area contributed by atoms with Gasteiger partial charge in [0.1, 0.15) is 6.17 Å². The Kier molecular flexibility index (Phi) is 6.88. The molecule has 1 aromatic carbocycles. The maximum Gasteiger partial charge on any atom is 0.253 e. The molecule has 3 fully saturated rings. The van der Waals surface area contributed by atoms with Gasteiger partial charge in [-0.2, -0.15) is 0 Å². The zero-order chi connectivity index (χ0) is 26.1. The molecule has 1 aromatic heterocycles. The molecule has 3 N–H and O–H groups in total. The number of carbonyl (C=O) groups excluding carboxylic acids is 1. The number of benzene rings is 1. The lowest BCUT2D eigenvalue weighted by atomic mass is 10.0. The molecule has 6 rings (SSSR count). The summed E-state index contributed by atoms with van der Waals surface area (Å²) in [5, 5.41) is 3.72. The van der Waals surface area contributed by atoms with Gasteiger partial charge in [0, 0.05) is 67.5 Å². The molecule has 1 unspecified atom stereocenters. The summed E-state index contributed by atoms with van der Waals surface area (Å²) in [6.45, 7) is 7.58. The van der Waals surface area contributed by atoms with Crippen molar-refractivity contribution in [3.8, 4) is 0 Å². The van der Waals surface area contributed by atoms with Crippen molar-refractivity contribution in [3.05, 3.63) is 52.9 Å². The first-order chi connectivity index (χ1) is 18.6. The molecule has 0 aliphatic carbocycles. The number of nitrogens with zero attached hydrogens (tertiary/aromatic N) is 6. The van der Waals surface area contributed by atoms with Crippen LogP contribution in [0.5, 0.6) is 0 Å². The summed E-state index contributed by atoms with van der Waals surface area (Å²) in [6.07, 6.45) is 8.92. The van der Waals surface area contributed by atoms with Crippen molar-refractivity contribution in [2.45, 2.75) is 45.2 Å². The third-order valence-corrected chi connectivity index (χ3v) is 7.95. The Bertz CT molecular complexity index is 1240. The van der Waals surface area contributed by atoms with E-state index < -0.39 is 0 Å². The maximum atomic E-state index is 13.2. The van der Waals surface area contributed by atoms with E-state index in [2.05, 4.69) is 44.1 Å². The third kappa shape index (κ3) is 4.80. The van der Waals surface area contributed by atoms with E-state index >= 15 is 0 Å². The van der Waals surface area contributed by atoms with E-state index in [1.165, 1.54) is 18.4 Å². The smallest absolute Gasteiger partial charge is 0.253 e. The average Bonchev–Trinajstić information content (AvgIpc) is 3.18. The molecule has 4 aliphatic rings. The minimum atomic E-state index is -0.0521. The number of fused-ring (bicyclic) bond motifs is 1. The van der Waals surface area contributed by atoms with Crippen molar-refractivity contribution >= 4 is 29.2 Å². The first-order valence-electron chi connectivity index (χ1n) is 13.7. The molecule has 1 atom stereocenters. The number of ether oxygens (including phenoxy) is 1. The SMILES string of the molecule is Cc1cc(C(=O)N2CCCCCC2)ccc1N1CCC2=C(c3cnc(N)nc3)N=C(N3CCOCC3)NC21. The number of aliphatic imine (C=N–C) groups is 1. The van der Waals surface area contributed by atoms with Crippen LogP contribution in [0.15, 0.2) is 41.2 Å². The quantitative estimate of drug-likeness (QED) is 0.640. The summed E-state index contributed by atoms with van der Waals surface area (Å²) in [7, 11) is 0. The fourth-order valence-electron chi connectivity index (χ4n) is 5.91. The van der Waals surface area contributed by atoms with Crippen molar-refractivity contribution in [3.63, 3.8) is 0 Å². The molecular weight excluding hydrogens is 480 g/mol. The number of hydrogen-bond acceptors (Lipinski definition) is 9. The average molecular weight is 517 g/mol. The van der Waals surface area contributed by atoms with Gasteiger partial charge >= 0.3 is 0 Å². The van der Waals surface area contributed by atoms with E-state index in [0.717, 1.165) is 86.0 Å². The van der Waals surface area contributed by atoms with Gasteiger partial charge in [-0.25, -0.2) is 15.0 Å². The van der Waals surface area contributed by atoms with Crippen LogP contribution in [0, 0.1) is 6.92 Å². The summed E-state index contributed by atoms with van der Waals surface area (Å²) in [5.74, 6) is 1.24. The van der Waals surface area contributed by atoms with Gasteiger partial charge in [0.2, 0.25) is 11.9 Å². The molecule has 5 heterocycles. The molecule has 4 aliphatic heterocycles. The molecule has 0 radical (unpaired) electrons. The molecule has 200 valence electrons. The lowest BCUT2D eigenvalue weighted by Gasteiger charge is -2.38. The van der Waals surface area contributed by atoms with Crippen molar-refractivity contribution < 1.29 is 9.53 Å². The first-order valence-corrected chi connectivity index (χ1v) is 13.7. The molecule has 3 saturated heterocycles. The van der Waals surface area contributed by atoms with Crippen LogP contribution in [-0.2, 0) is 4.74 Å². The summed E-state index contributed by atoms with van der Waals surface area (Å²) in [5.41, 5.74) is 11.7. The zero-order valence-corrected chi connectivity index (χ0v) is 22.0. The Labute approximate surface area is 223 Å². The van der Waals surface area contributed by atoms with Crippen molar-refractivity contribution in [1.82, 2.24) is 25.1 Å². The summed E-state index contributed by atoms with van der Waals surface area (Å²) in [4.78, 5) is 33.4. The number of rotatable bonds is 3. The molecular formula is C28H36N8O2. The van der Waals surface area contributed by atoms with Gasteiger partial charge in [0.05, 0.1) is 18.9 Å². The summed E-state index contributed by atoms with van der Waals surface area (Å²) in [6, 6.07) is 6.15. The van der Waals surface area contributed by atoms with Crippen LogP contribution in [0.3, 0.4) is 0 Å². The van der Waals surface area contributed by atoms with Crippen LogP contribution in [-0.4, -0.2) is 83.7 Å². The van der Waals surface area contributed by atoms with Gasteiger partial charge in [0.25, 0.3) is 5.91 Å². The highest BCUT2D eigenvalue weighted by Crippen LogP contribution is 2.37. The number of anilines is 2. The monoisotopic (exact) mass is 516 g/mol. The topological polar surface area (TPSA) is 112 Å². The second kappa shape index (κ2) is 10.6. The predicted molar refractivity (Wildman–Crippen MR) is 148 cm³/mol. The number of carbonyl (C=O) groups is 1. The van der Waals surface area contributed by atoms with E-state index in [1.807, 2.05) is 11.0 Å². The number of amides is 1. The third-order valence-electron chi connectivity index (χ3n) is 7.95. The molecule has 0 saturated carbocycles. The standard InChI is InChI=1S/C28H36N8O2/c1-19-16-20(26(37)34-9-4-2-3-5-10-34)6-7-23(19)36-11-8-22-24(21-17-30-27(29)31-18-21)32-28(33-25(22)36)35-12-14-38-15-13-35/h6-7,16-18,25H,2-5,8-15H2,1H3,(H,32,33)(H2,29,30,31). The maximum absolute atomic E-state index is 13.2. The second-order valence-electron chi connectivity index (χ2n) is 10.4. The fourth-order valence-corrected chi connectivity index (χ4v) is 5.91. The number of guanidine groups is 1. The van der Waals surface area contributed by atoms with Gasteiger partial charge in [-0.1, -0.05) is 12.8 Å². The fraction of sp³-hybridized carbons (Fsp3) is 0.500. The Hall–Kier alpha value is -3.66. The number of aryl methyl sites for hydroxylation is 1. The minimum Gasteiger partial charge on any atom is -0.378 e. The van der Waals surface area contributed by atoms with Crippen molar-refractivity contribution in [2.24, 2.45) is 4.99 Å². The van der Waals surface area contributed by atoms with Crippen LogP contribution in [0.25, 0.3) is 5.70 Å². The molecule has 0 bridgehead atoms. The lowest BCUT2D eigenvalue weighted by molar-refractivity contribution is 0.0663. The molecule has 0 spiro atoms. The van der Waals surface area contributed by atoms with E-state index in [4.69, 9.17) is 15.5 Å². The van der Waals surface area contributed by atoms with Crippen LogP contribution < -0.4 is 16.0 Å². The largest absolute Gasteiger partial charge is 0.378 e. The van der Waals surface area contributed by atoms with E-state index in [-0.39, 0.29) is 18.0 Å². The van der Waals surface area contributed by atoms with E-state index in [1.54, 1.807) is 12.4 Å². The van der Waals surface area contributed by atoms with E-state index in [9.17, 15) is 4.79 Å². The predicted octanol–water partition coefficient (Wildman–Crippen LogP) is 2.62. The summed E-state index contributed by atoms with van der Waals surface area (Å²) >= 11 is 0. The van der Waals surface area contributed by atoms with Gasteiger partial charge < -0.3 is 30.5 Å². The molecule has 2 aromatic rings. The molecule has 1 amide bonds. The first kappa shape index (κ1) is 24.7. The summed E-state index contributed by atoms with van der Waals surface area (Å²) < 4.78 is 5.58.